The van der Waals surface area contributed by atoms with Crippen LogP contribution in [0.25, 0.3) is 0 Å². The quantitative estimate of drug-likeness (QED) is 0.425. The molecule has 176 valence electrons. The number of nitrogens with one attached hydrogen (secondary N) is 2. The predicted octanol–water partition coefficient (Wildman–Crippen LogP) is 1.53. The van der Waals surface area contributed by atoms with Crippen LogP contribution in [0.1, 0.15) is 19.3 Å². The lowest BCUT2D eigenvalue weighted by molar-refractivity contribution is -0.222. The highest BCUT2D eigenvalue weighted by molar-refractivity contribution is 7.89. The van der Waals surface area contributed by atoms with Gasteiger partial charge in [-0.25, -0.2) is 17.7 Å². The largest absolute Gasteiger partial charge is 0.469 e. The van der Waals surface area contributed by atoms with Gasteiger partial charge >= 0.3 is 14.0 Å². The van der Waals surface area contributed by atoms with Gasteiger partial charge in [-0.2, -0.15) is 13.2 Å². The van der Waals surface area contributed by atoms with Crippen molar-refractivity contribution in [3.63, 3.8) is 0 Å². The average Bonchev–Trinajstić information content (AvgIpc) is 2.97. The summed E-state index contributed by atoms with van der Waals surface area (Å²) in [6.07, 6.45) is -5.93. The number of rotatable bonds is 7. The van der Waals surface area contributed by atoms with E-state index in [4.69, 9.17) is 14.5 Å². The van der Waals surface area contributed by atoms with Crippen LogP contribution >= 0.6 is 7.82 Å². The number of ether oxygens (including phenoxy) is 1. The Morgan fingerprint density at radius 1 is 1.26 bits per heavy atom. The molecular formula is C17H24F3N2O7PS. The minimum atomic E-state index is -5.18. The van der Waals surface area contributed by atoms with Crippen molar-refractivity contribution in [2.45, 2.75) is 48.1 Å². The lowest BCUT2D eigenvalue weighted by atomic mass is 9.87. The van der Waals surface area contributed by atoms with Crippen LogP contribution in [0.4, 0.5) is 13.2 Å². The Balaban J connectivity index is 1.92. The highest BCUT2D eigenvalue weighted by Gasteiger charge is 2.57. The minimum Gasteiger partial charge on any atom is -0.369 e. The van der Waals surface area contributed by atoms with Gasteiger partial charge in [0.2, 0.25) is 10.0 Å². The summed E-state index contributed by atoms with van der Waals surface area (Å²) in [5.41, 5.74) is -0.981. The topological polar surface area (TPSA) is 134 Å². The van der Waals surface area contributed by atoms with E-state index in [0.717, 1.165) is 0 Å². The third-order valence-electron chi connectivity index (χ3n) is 5.49. The molecule has 0 amide bonds. The van der Waals surface area contributed by atoms with Gasteiger partial charge in [-0.05, 0) is 44.5 Å². The molecule has 0 aliphatic carbocycles. The number of alkyl halides is 3. The summed E-state index contributed by atoms with van der Waals surface area (Å²) in [5.74, 6) is -2.45. The molecule has 0 saturated carbocycles. The van der Waals surface area contributed by atoms with Gasteiger partial charge in [0.25, 0.3) is 0 Å². The molecule has 1 aromatic carbocycles. The third-order valence-corrected chi connectivity index (χ3v) is 7.48. The highest BCUT2D eigenvalue weighted by Crippen LogP contribution is 2.46. The number of halogens is 3. The van der Waals surface area contributed by atoms with Crippen LogP contribution in [0.2, 0.25) is 0 Å². The molecular weight excluding hydrogens is 464 g/mol. The molecule has 1 unspecified atom stereocenters. The zero-order valence-corrected chi connectivity index (χ0v) is 18.0. The van der Waals surface area contributed by atoms with Gasteiger partial charge in [0.1, 0.15) is 5.92 Å². The number of phosphoric acid groups is 1. The molecule has 31 heavy (non-hydrogen) atoms. The van der Waals surface area contributed by atoms with Gasteiger partial charge in [0, 0.05) is 0 Å². The van der Waals surface area contributed by atoms with E-state index in [9.17, 15) is 26.2 Å². The van der Waals surface area contributed by atoms with Crippen LogP contribution < -0.4 is 10.0 Å². The number of piperidine rings is 1. The molecule has 0 aromatic heterocycles. The third kappa shape index (κ3) is 6.26. The molecule has 1 spiro atoms. The van der Waals surface area contributed by atoms with Crippen LogP contribution in [-0.2, 0) is 23.8 Å². The van der Waals surface area contributed by atoms with Crippen LogP contribution in [0.15, 0.2) is 35.2 Å². The van der Waals surface area contributed by atoms with E-state index in [1.54, 1.807) is 6.07 Å². The Kier molecular flexibility index (Phi) is 7.19. The fourth-order valence-electron chi connectivity index (χ4n) is 4.03. The summed E-state index contributed by atoms with van der Waals surface area (Å²) in [6, 6.07) is 5.92. The van der Waals surface area contributed by atoms with Crippen molar-refractivity contribution in [2.75, 3.05) is 19.7 Å². The summed E-state index contributed by atoms with van der Waals surface area (Å²) >= 11 is 0. The van der Waals surface area contributed by atoms with E-state index in [1.807, 2.05) is 0 Å². The molecule has 3 atom stereocenters. The second-order valence-corrected chi connectivity index (χ2v) is 10.6. The summed E-state index contributed by atoms with van der Waals surface area (Å²) < 4.78 is 90.3. The van der Waals surface area contributed by atoms with E-state index in [0.29, 0.717) is 25.9 Å². The average molecular weight is 488 g/mol. The first-order valence-corrected chi connectivity index (χ1v) is 12.6. The predicted molar refractivity (Wildman–Crippen MR) is 102 cm³/mol. The van der Waals surface area contributed by atoms with Crippen LogP contribution in [0.3, 0.4) is 0 Å². The van der Waals surface area contributed by atoms with Crippen molar-refractivity contribution in [1.29, 1.82) is 0 Å². The fourth-order valence-corrected chi connectivity index (χ4v) is 5.65. The molecule has 4 N–H and O–H groups in total. The lowest BCUT2D eigenvalue weighted by Crippen LogP contribution is -2.49. The first-order valence-electron chi connectivity index (χ1n) is 9.54. The second kappa shape index (κ2) is 9.06. The molecule has 14 heteroatoms. The highest BCUT2D eigenvalue weighted by atomic mass is 32.2. The fraction of sp³-hybridized carbons (Fsp3) is 0.647. The normalized spacial score (nSPS) is 25.6. The summed E-state index contributed by atoms with van der Waals surface area (Å²) in [6.45, 7) is -0.391. The zero-order chi connectivity index (χ0) is 22.9. The SMILES string of the molecule is O=P(O)(O)OCC([C@H]1OC2(CCNCC2)C[C@H]1NS(=O)(=O)c1ccccc1)C(F)(F)F. The second-order valence-electron chi connectivity index (χ2n) is 7.69. The van der Waals surface area contributed by atoms with Crippen molar-refractivity contribution in [1.82, 2.24) is 10.0 Å². The van der Waals surface area contributed by atoms with E-state index >= 15 is 0 Å². The van der Waals surface area contributed by atoms with Crippen molar-refractivity contribution in [3.05, 3.63) is 30.3 Å². The Morgan fingerprint density at radius 3 is 2.42 bits per heavy atom. The van der Waals surface area contributed by atoms with Crippen LogP contribution in [0, 0.1) is 5.92 Å². The molecule has 0 bridgehead atoms. The van der Waals surface area contributed by atoms with Gasteiger partial charge < -0.3 is 19.8 Å². The van der Waals surface area contributed by atoms with Crippen molar-refractivity contribution >= 4 is 17.8 Å². The number of sulfonamides is 1. The van der Waals surface area contributed by atoms with E-state index in [2.05, 4.69) is 14.6 Å². The Bertz CT molecular complexity index is 904. The summed E-state index contributed by atoms with van der Waals surface area (Å²) in [5, 5.41) is 3.08. The molecule has 0 radical (unpaired) electrons. The van der Waals surface area contributed by atoms with Crippen LogP contribution in [-0.4, -0.2) is 61.8 Å². The van der Waals surface area contributed by atoms with Gasteiger partial charge in [0.15, 0.2) is 0 Å². The maximum Gasteiger partial charge on any atom is 0.469 e. The number of benzene rings is 1. The maximum absolute atomic E-state index is 13.8. The van der Waals surface area contributed by atoms with Crippen LogP contribution in [0.5, 0.6) is 0 Å². The molecule has 9 nitrogen and oxygen atoms in total. The van der Waals surface area contributed by atoms with Gasteiger partial charge in [-0.1, -0.05) is 18.2 Å². The molecule has 2 aliphatic rings. The zero-order valence-electron chi connectivity index (χ0n) is 16.3. The monoisotopic (exact) mass is 488 g/mol. The number of hydrogen-bond acceptors (Lipinski definition) is 6. The van der Waals surface area contributed by atoms with Crippen molar-refractivity contribution < 1.29 is 45.2 Å². The lowest BCUT2D eigenvalue weighted by Gasteiger charge is -2.35. The molecule has 1 aromatic rings. The number of phosphoric ester groups is 1. The standard InChI is InChI=1S/C17H24F3N2O7PS/c18-17(19,20)13(11-28-30(23,24)25)15-14(10-16(29-15)6-8-21-9-7-16)22-31(26,27)12-4-2-1-3-5-12/h1-5,13-15,21-22H,6-11H2,(H2,23,24,25)/t13?,14-,15-/m1/s1. The summed E-state index contributed by atoms with van der Waals surface area (Å²) in [7, 11) is -9.34. The summed E-state index contributed by atoms with van der Waals surface area (Å²) in [4.78, 5) is 17.6. The molecule has 3 rings (SSSR count). The molecule has 2 aliphatic heterocycles. The Labute approximate surface area is 177 Å². The maximum atomic E-state index is 13.8. The van der Waals surface area contributed by atoms with Gasteiger partial charge in [-0.3, -0.25) is 4.52 Å². The Morgan fingerprint density at radius 2 is 1.87 bits per heavy atom. The van der Waals surface area contributed by atoms with E-state index in [-0.39, 0.29) is 11.3 Å². The van der Waals surface area contributed by atoms with E-state index < -0.39 is 54.3 Å². The Hall–Kier alpha value is -1.05. The van der Waals surface area contributed by atoms with Crippen molar-refractivity contribution in [3.8, 4) is 0 Å². The first kappa shape index (κ1) is 24.6. The first-order chi connectivity index (χ1) is 14.3. The molecule has 2 fully saturated rings. The minimum absolute atomic E-state index is 0.00605. The molecule has 2 saturated heterocycles. The number of hydrogen-bond donors (Lipinski definition) is 4. The van der Waals surface area contributed by atoms with Crippen molar-refractivity contribution in [2.24, 2.45) is 5.92 Å². The van der Waals surface area contributed by atoms with E-state index in [1.165, 1.54) is 24.3 Å². The molecule has 2 heterocycles. The smallest absolute Gasteiger partial charge is 0.369 e. The van der Waals surface area contributed by atoms with Gasteiger partial charge in [-0.15, -0.1) is 0 Å². The van der Waals surface area contributed by atoms with Gasteiger partial charge in [0.05, 0.1) is 29.2 Å².